The molecule has 26 heavy (non-hydrogen) atoms. The molecule has 0 unspecified atom stereocenters. The zero-order chi connectivity index (χ0) is 19.1. The van der Waals surface area contributed by atoms with E-state index in [1.165, 1.54) is 12.1 Å². The summed E-state index contributed by atoms with van der Waals surface area (Å²) in [6, 6.07) is 6.02. The molecule has 0 spiro atoms. The fourth-order valence-corrected chi connectivity index (χ4v) is 2.90. The number of rotatable bonds is 16. The third-order valence-corrected chi connectivity index (χ3v) is 4.67. The first-order valence-corrected chi connectivity index (χ1v) is 10.2. The number of anilines is 1. The van der Waals surface area contributed by atoms with Crippen LogP contribution in [0.2, 0.25) is 0 Å². The zero-order valence-corrected chi connectivity index (χ0v) is 16.1. The molecular weight excluding hydrogens is 360 g/mol. The zero-order valence-electron chi connectivity index (χ0n) is 15.3. The highest BCUT2D eigenvalue weighted by molar-refractivity contribution is 7.89. The highest BCUT2D eigenvalue weighted by Crippen LogP contribution is 2.10. The quantitative estimate of drug-likeness (QED) is 0.320. The van der Waals surface area contributed by atoms with Crippen LogP contribution in [0.3, 0.4) is 0 Å². The molecule has 0 aliphatic carbocycles. The average molecular weight is 391 g/mol. The van der Waals surface area contributed by atoms with E-state index >= 15 is 0 Å². The maximum absolute atomic E-state index is 12.0. The number of nitrogens with two attached hydrogens (primary N) is 1. The lowest BCUT2D eigenvalue weighted by Crippen LogP contribution is -2.27. The van der Waals surface area contributed by atoms with Crippen LogP contribution in [0.4, 0.5) is 5.69 Å². The van der Waals surface area contributed by atoms with Gasteiger partial charge < -0.3 is 24.7 Å². The Hall–Kier alpha value is -1.23. The van der Waals surface area contributed by atoms with Crippen LogP contribution in [-0.2, 0) is 29.0 Å². The number of ether oxygens (including phenoxy) is 4. The summed E-state index contributed by atoms with van der Waals surface area (Å²) in [5.74, 6) is 0. The first kappa shape index (κ1) is 22.8. The number of benzene rings is 1. The lowest BCUT2D eigenvalue weighted by molar-refractivity contribution is -0.00109. The molecule has 0 amide bonds. The van der Waals surface area contributed by atoms with Crippen molar-refractivity contribution in [2.24, 2.45) is 0 Å². The second-order valence-corrected chi connectivity index (χ2v) is 7.18. The predicted molar refractivity (Wildman–Crippen MR) is 99.6 cm³/mol. The topological polar surface area (TPSA) is 109 Å². The van der Waals surface area contributed by atoms with E-state index < -0.39 is 10.0 Å². The molecule has 9 heteroatoms. The van der Waals surface area contributed by atoms with E-state index in [1.807, 2.05) is 0 Å². The van der Waals surface area contributed by atoms with Gasteiger partial charge in [0.15, 0.2) is 0 Å². The Morgan fingerprint density at radius 3 is 1.77 bits per heavy atom. The molecule has 0 heterocycles. The maximum atomic E-state index is 12.0. The van der Waals surface area contributed by atoms with Gasteiger partial charge in [-0.3, -0.25) is 0 Å². The van der Waals surface area contributed by atoms with Gasteiger partial charge in [-0.25, -0.2) is 13.1 Å². The summed E-state index contributed by atoms with van der Waals surface area (Å²) in [6.07, 6.45) is 1.01. The second kappa shape index (κ2) is 13.9. The molecule has 1 aromatic carbocycles. The van der Waals surface area contributed by atoms with Crippen LogP contribution in [0.5, 0.6) is 0 Å². The molecule has 0 bridgehead atoms. The Morgan fingerprint density at radius 2 is 1.27 bits per heavy atom. The van der Waals surface area contributed by atoms with Gasteiger partial charge in [0.1, 0.15) is 0 Å². The molecule has 0 fully saturated rings. The molecule has 0 saturated carbocycles. The van der Waals surface area contributed by atoms with Gasteiger partial charge in [0.2, 0.25) is 10.0 Å². The van der Waals surface area contributed by atoms with Crippen molar-refractivity contribution in [3.05, 3.63) is 24.3 Å². The van der Waals surface area contributed by atoms with E-state index in [-0.39, 0.29) is 18.0 Å². The van der Waals surface area contributed by atoms with Crippen LogP contribution < -0.4 is 10.5 Å². The number of hydrogen-bond acceptors (Lipinski definition) is 7. The van der Waals surface area contributed by atoms with Gasteiger partial charge in [0.25, 0.3) is 0 Å². The van der Waals surface area contributed by atoms with Crippen molar-refractivity contribution in [2.75, 3.05) is 65.1 Å². The standard InChI is InChI=1S/C17H30N2O6S/c1-2-8-22-10-12-24-14-15-25-13-11-23-9-7-19-26(20,21)17-5-3-16(18)4-6-17/h3-6,19H,2,7-15,18H2,1H3. The van der Waals surface area contributed by atoms with Crippen LogP contribution >= 0.6 is 0 Å². The molecule has 0 aromatic heterocycles. The highest BCUT2D eigenvalue weighted by Gasteiger charge is 2.12. The van der Waals surface area contributed by atoms with Crippen LogP contribution in [-0.4, -0.2) is 67.8 Å². The van der Waals surface area contributed by atoms with Crippen molar-refractivity contribution >= 4 is 15.7 Å². The van der Waals surface area contributed by atoms with E-state index in [0.717, 1.165) is 13.0 Å². The van der Waals surface area contributed by atoms with Crippen molar-refractivity contribution in [1.82, 2.24) is 4.72 Å². The molecule has 0 aliphatic heterocycles. The summed E-state index contributed by atoms with van der Waals surface area (Å²) in [7, 11) is -3.54. The van der Waals surface area contributed by atoms with Gasteiger partial charge in [-0.2, -0.15) is 0 Å². The number of nitrogens with one attached hydrogen (secondary N) is 1. The van der Waals surface area contributed by atoms with Gasteiger partial charge in [0.05, 0.1) is 51.1 Å². The van der Waals surface area contributed by atoms with E-state index in [9.17, 15) is 8.42 Å². The Labute approximate surface area is 156 Å². The minimum absolute atomic E-state index is 0.176. The molecule has 0 saturated heterocycles. The van der Waals surface area contributed by atoms with Crippen LogP contribution in [0.25, 0.3) is 0 Å². The fraction of sp³-hybridized carbons (Fsp3) is 0.647. The normalized spacial score (nSPS) is 11.7. The molecule has 0 aliphatic rings. The fourth-order valence-electron chi connectivity index (χ4n) is 1.88. The monoisotopic (exact) mass is 390 g/mol. The first-order valence-electron chi connectivity index (χ1n) is 8.72. The SMILES string of the molecule is CCCOCCOCCOCCOCCNS(=O)(=O)c1ccc(N)cc1. The molecule has 3 N–H and O–H groups in total. The summed E-state index contributed by atoms with van der Waals surface area (Å²) in [4.78, 5) is 0.176. The number of hydrogen-bond donors (Lipinski definition) is 2. The minimum Gasteiger partial charge on any atom is -0.399 e. The molecule has 1 aromatic rings. The highest BCUT2D eigenvalue weighted by atomic mass is 32.2. The van der Waals surface area contributed by atoms with E-state index in [2.05, 4.69) is 11.6 Å². The molecule has 1 rings (SSSR count). The predicted octanol–water partition coefficient (Wildman–Crippen LogP) is 1.02. The van der Waals surface area contributed by atoms with Crippen molar-refractivity contribution in [3.8, 4) is 0 Å². The van der Waals surface area contributed by atoms with Crippen LogP contribution in [0.1, 0.15) is 13.3 Å². The summed E-state index contributed by atoms with van der Waals surface area (Å²) in [6.45, 7) is 6.26. The van der Waals surface area contributed by atoms with E-state index in [4.69, 9.17) is 24.7 Å². The van der Waals surface area contributed by atoms with E-state index in [1.54, 1.807) is 12.1 Å². The number of nitrogen functional groups attached to an aromatic ring is 1. The molecule has 0 radical (unpaired) electrons. The van der Waals surface area contributed by atoms with E-state index in [0.29, 0.717) is 45.3 Å². The third-order valence-electron chi connectivity index (χ3n) is 3.19. The molecule has 150 valence electrons. The molecule has 0 atom stereocenters. The Balaban J connectivity index is 1.94. The molecular formula is C17H30N2O6S. The van der Waals surface area contributed by atoms with Gasteiger partial charge in [-0.15, -0.1) is 0 Å². The Morgan fingerprint density at radius 1 is 0.808 bits per heavy atom. The van der Waals surface area contributed by atoms with Gasteiger partial charge in [-0.1, -0.05) is 6.92 Å². The maximum Gasteiger partial charge on any atom is 0.240 e. The largest absolute Gasteiger partial charge is 0.399 e. The molecule has 8 nitrogen and oxygen atoms in total. The number of sulfonamides is 1. The Bertz CT molecular complexity index is 565. The average Bonchev–Trinajstić information content (AvgIpc) is 2.62. The third kappa shape index (κ3) is 10.7. The summed E-state index contributed by atoms with van der Waals surface area (Å²) < 4.78 is 47.8. The summed E-state index contributed by atoms with van der Waals surface area (Å²) in [5.41, 5.74) is 6.06. The van der Waals surface area contributed by atoms with Crippen molar-refractivity contribution in [3.63, 3.8) is 0 Å². The van der Waals surface area contributed by atoms with Gasteiger partial charge in [-0.05, 0) is 30.7 Å². The van der Waals surface area contributed by atoms with Crippen molar-refractivity contribution in [2.45, 2.75) is 18.2 Å². The minimum atomic E-state index is -3.54. The van der Waals surface area contributed by atoms with Crippen molar-refractivity contribution < 1.29 is 27.4 Å². The second-order valence-electron chi connectivity index (χ2n) is 5.42. The van der Waals surface area contributed by atoms with Crippen LogP contribution in [0.15, 0.2) is 29.2 Å². The Kier molecular flexibility index (Phi) is 12.2. The van der Waals surface area contributed by atoms with Gasteiger partial charge >= 0.3 is 0 Å². The summed E-state index contributed by atoms with van der Waals surface area (Å²) >= 11 is 0. The van der Waals surface area contributed by atoms with Crippen molar-refractivity contribution in [1.29, 1.82) is 0 Å². The van der Waals surface area contributed by atoms with Gasteiger partial charge in [0, 0.05) is 18.8 Å². The lowest BCUT2D eigenvalue weighted by atomic mass is 10.3. The lowest BCUT2D eigenvalue weighted by Gasteiger charge is -2.09. The van der Waals surface area contributed by atoms with Crippen LogP contribution in [0, 0.1) is 0 Å². The smallest absolute Gasteiger partial charge is 0.240 e. The first-order chi connectivity index (χ1) is 12.6. The summed E-state index contributed by atoms with van der Waals surface area (Å²) in [5, 5.41) is 0.